The summed E-state index contributed by atoms with van der Waals surface area (Å²) < 4.78 is 0. The average molecular weight is 244 g/mol. The van der Waals surface area contributed by atoms with E-state index in [-0.39, 0.29) is 17.7 Å². The van der Waals surface area contributed by atoms with Gasteiger partial charge in [-0.25, -0.2) is 4.79 Å². The van der Waals surface area contributed by atoms with Crippen molar-refractivity contribution in [2.75, 3.05) is 0 Å². The van der Waals surface area contributed by atoms with E-state index >= 15 is 0 Å². The standard InChI is InChI=1S/C13H12N2O3/c1-2-10-11(13(16)17)15-18-12(10)9-5-3-8(7-14)4-6-9/h3-6,10,12H,2H2,1H3,(H,16,17). The zero-order valence-corrected chi connectivity index (χ0v) is 9.83. The Morgan fingerprint density at radius 3 is 2.67 bits per heavy atom. The number of carbonyl (C=O) groups is 1. The molecule has 0 aliphatic carbocycles. The number of carboxylic acids is 1. The van der Waals surface area contributed by atoms with E-state index in [0.717, 1.165) is 5.56 Å². The van der Waals surface area contributed by atoms with Crippen molar-refractivity contribution in [3.05, 3.63) is 35.4 Å². The van der Waals surface area contributed by atoms with E-state index in [1.165, 1.54) is 0 Å². The van der Waals surface area contributed by atoms with Crippen molar-refractivity contribution in [1.82, 2.24) is 0 Å². The fraction of sp³-hybridized carbons (Fsp3) is 0.308. The molecule has 1 aliphatic heterocycles. The van der Waals surface area contributed by atoms with Gasteiger partial charge in [0.1, 0.15) is 0 Å². The summed E-state index contributed by atoms with van der Waals surface area (Å²) in [6.45, 7) is 1.90. The molecule has 92 valence electrons. The number of oxime groups is 1. The van der Waals surface area contributed by atoms with Crippen LogP contribution >= 0.6 is 0 Å². The minimum Gasteiger partial charge on any atom is -0.477 e. The topological polar surface area (TPSA) is 82.7 Å². The van der Waals surface area contributed by atoms with Crippen molar-refractivity contribution < 1.29 is 14.7 Å². The second-order valence-electron chi connectivity index (χ2n) is 4.06. The predicted molar refractivity (Wildman–Crippen MR) is 63.8 cm³/mol. The van der Waals surface area contributed by atoms with Crippen LogP contribution < -0.4 is 0 Å². The van der Waals surface area contributed by atoms with Gasteiger partial charge in [-0.15, -0.1) is 0 Å². The Balaban J connectivity index is 2.25. The third-order valence-electron chi connectivity index (χ3n) is 3.01. The smallest absolute Gasteiger partial charge is 0.354 e. The molecule has 1 aromatic rings. The molecule has 0 saturated heterocycles. The molecule has 5 heteroatoms. The molecule has 0 amide bonds. The summed E-state index contributed by atoms with van der Waals surface area (Å²) in [6, 6.07) is 8.94. The van der Waals surface area contributed by atoms with E-state index in [2.05, 4.69) is 5.16 Å². The van der Waals surface area contributed by atoms with E-state index in [1.807, 2.05) is 13.0 Å². The number of aliphatic carboxylic acids is 1. The highest BCUT2D eigenvalue weighted by atomic mass is 16.6. The second kappa shape index (κ2) is 4.88. The van der Waals surface area contributed by atoms with E-state index in [1.54, 1.807) is 24.3 Å². The zero-order valence-electron chi connectivity index (χ0n) is 9.83. The number of benzene rings is 1. The van der Waals surface area contributed by atoms with E-state index < -0.39 is 5.97 Å². The summed E-state index contributed by atoms with van der Waals surface area (Å²) in [5.41, 5.74) is 1.46. The lowest BCUT2D eigenvalue weighted by atomic mass is 9.90. The quantitative estimate of drug-likeness (QED) is 0.882. The molecule has 2 rings (SSSR count). The summed E-state index contributed by atoms with van der Waals surface area (Å²) in [5.74, 6) is -1.30. The number of carboxylic acid groups (broad SMARTS) is 1. The first kappa shape index (κ1) is 12.1. The first-order valence-corrected chi connectivity index (χ1v) is 5.64. The Bertz CT molecular complexity index is 528. The fourth-order valence-corrected chi connectivity index (χ4v) is 2.04. The van der Waals surface area contributed by atoms with Crippen LogP contribution in [-0.4, -0.2) is 16.8 Å². The molecule has 0 bridgehead atoms. The van der Waals surface area contributed by atoms with Gasteiger partial charge in [0.15, 0.2) is 11.8 Å². The van der Waals surface area contributed by atoms with Gasteiger partial charge < -0.3 is 9.94 Å². The average Bonchev–Trinajstić information content (AvgIpc) is 2.82. The van der Waals surface area contributed by atoms with Crippen LogP contribution in [0.3, 0.4) is 0 Å². The molecule has 0 aromatic heterocycles. The van der Waals surface area contributed by atoms with Gasteiger partial charge in [-0.1, -0.05) is 24.2 Å². The van der Waals surface area contributed by atoms with Crippen LogP contribution in [-0.2, 0) is 9.63 Å². The molecule has 5 nitrogen and oxygen atoms in total. The minimum atomic E-state index is -1.04. The van der Waals surface area contributed by atoms with Gasteiger partial charge in [0.2, 0.25) is 0 Å². The lowest BCUT2D eigenvalue weighted by Crippen LogP contribution is -2.23. The third-order valence-corrected chi connectivity index (χ3v) is 3.01. The summed E-state index contributed by atoms with van der Waals surface area (Å²) >= 11 is 0. The largest absolute Gasteiger partial charge is 0.477 e. The summed E-state index contributed by atoms with van der Waals surface area (Å²) in [7, 11) is 0. The molecular weight excluding hydrogens is 232 g/mol. The fourth-order valence-electron chi connectivity index (χ4n) is 2.04. The van der Waals surface area contributed by atoms with Crippen molar-refractivity contribution in [1.29, 1.82) is 5.26 Å². The number of nitrogens with zero attached hydrogens (tertiary/aromatic N) is 2. The second-order valence-corrected chi connectivity index (χ2v) is 4.06. The van der Waals surface area contributed by atoms with Crippen LogP contribution in [0.25, 0.3) is 0 Å². The van der Waals surface area contributed by atoms with Crippen LogP contribution in [0.5, 0.6) is 0 Å². The Morgan fingerprint density at radius 1 is 1.50 bits per heavy atom. The highest BCUT2D eigenvalue weighted by molar-refractivity contribution is 6.36. The molecule has 1 aliphatic rings. The lowest BCUT2D eigenvalue weighted by molar-refractivity contribution is -0.129. The number of hydrogen-bond donors (Lipinski definition) is 1. The molecule has 2 unspecified atom stereocenters. The highest BCUT2D eigenvalue weighted by Crippen LogP contribution is 2.34. The molecule has 1 aromatic carbocycles. The Morgan fingerprint density at radius 2 is 2.17 bits per heavy atom. The molecule has 0 radical (unpaired) electrons. The normalized spacial score (nSPS) is 21.9. The zero-order chi connectivity index (χ0) is 13.1. The number of hydrogen-bond acceptors (Lipinski definition) is 4. The maximum absolute atomic E-state index is 11.0. The molecule has 1 heterocycles. The van der Waals surface area contributed by atoms with E-state index in [4.69, 9.17) is 15.2 Å². The van der Waals surface area contributed by atoms with Gasteiger partial charge in [-0.05, 0) is 24.1 Å². The van der Waals surface area contributed by atoms with E-state index in [9.17, 15) is 4.79 Å². The van der Waals surface area contributed by atoms with Crippen molar-refractivity contribution in [2.45, 2.75) is 19.4 Å². The van der Waals surface area contributed by atoms with Crippen LogP contribution in [0.4, 0.5) is 0 Å². The maximum Gasteiger partial charge on any atom is 0.354 e. The highest BCUT2D eigenvalue weighted by Gasteiger charge is 2.37. The minimum absolute atomic E-state index is 0.0619. The maximum atomic E-state index is 11.0. The molecule has 18 heavy (non-hydrogen) atoms. The summed E-state index contributed by atoms with van der Waals surface area (Å²) in [4.78, 5) is 16.2. The van der Waals surface area contributed by atoms with Crippen molar-refractivity contribution in [3.8, 4) is 6.07 Å². The molecule has 0 saturated carbocycles. The first-order valence-electron chi connectivity index (χ1n) is 5.64. The van der Waals surface area contributed by atoms with Crippen molar-refractivity contribution >= 4 is 11.7 Å². The molecule has 0 fully saturated rings. The van der Waals surface area contributed by atoms with Crippen molar-refractivity contribution in [3.63, 3.8) is 0 Å². The first-order chi connectivity index (χ1) is 8.67. The SMILES string of the molecule is CCC1C(C(=O)O)=NOC1c1ccc(C#N)cc1. The predicted octanol–water partition coefficient (Wildman–Crippen LogP) is 2.10. The lowest BCUT2D eigenvalue weighted by Gasteiger charge is -2.16. The Labute approximate surface area is 104 Å². The van der Waals surface area contributed by atoms with Crippen molar-refractivity contribution in [2.24, 2.45) is 11.1 Å². The third kappa shape index (κ3) is 2.05. The van der Waals surface area contributed by atoms with Gasteiger partial charge in [-0.2, -0.15) is 5.26 Å². The van der Waals surface area contributed by atoms with Gasteiger partial charge in [0, 0.05) is 0 Å². The summed E-state index contributed by atoms with van der Waals surface area (Å²) in [6.07, 6.45) is 0.254. The monoisotopic (exact) mass is 244 g/mol. The van der Waals surface area contributed by atoms with Crippen LogP contribution in [0.15, 0.2) is 29.4 Å². The molecular formula is C13H12N2O3. The van der Waals surface area contributed by atoms with Crippen LogP contribution in [0.2, 0.25) is 0 Å². The Kier molecular flexibility index (Phi) is 3.28. The van der Waals surface area contributed by atoms with E-state index in [0.29, 0.717) is 12.0 Å². The molecule has 2 atom stereocenters. The van der Waals surface area contributed by atoms with Gasteiger partial charge in [0.25, 0.3) is 0 Å². The van der Waals surface area contributed by atoms with Crippen LogP contribution in [0.1, 0.15) is 30.6 Å². The molecule has 1 N–H and O–H groups in total. The Hall–Kier alpha value is -2.35. The number of nitriles is 1. The number of rotatable bonds is 3. The molecule has 0 spiro atoms. The van der Waals surface area contributed by atoms with Crippen LogP contribution in [0, 0.1) is 17.2 Å². The summed E-state index contributed by atoms with van der Waals surface area (Å²) in [5, 5.41) is 21.4. The van der Waals surface area contributed by atoms with Gasteiger partial charge in [0.05, 0.1) is 17.6 Å². The van der Waals surface area contributed by atoms with Gasteiger partial charge in [-0.3, -0.25) is 0 Å². The van der Waals surface area contributed by atoms with Gasteiger partial charge >= 0.3 is 5.97 Å².